The zero-order valence-corrected chi connectivity index (χ0v) is 14.7. The Morgan fingerprint density at radius 2 is 2.00 bits per heavy atom. The second-order valence-electron chi connectivity index (χ2n) is 5.73. The Morgan fingerprint density at radius 1 is 1.24 bits per heavy atom. The normalized spacial score (nSPS) is 17.1. The molecule has 2 N–H and O–H groups in total. The van der Waals surface area contributed by atoms with E-state index < -0.39 is 18.0 Å². The molecule has 1 aliphatic heterocycles. The van der Waals surface area contributed by atoms with Crippen LogP contribution in [0.15, 0.2) is 46.0 Å². The summed E-state index contributed by atoms with van der Waals surface area (Å²) >= 11 is 6.17. The van der Waals surface area contributed by atoms with Crippen LogP contribution < -0.4 is 10.6 Å². The Hall–Kier alpha value is -2.73. The fraction of sp³-hybridized carbons (Fsp3) is 0.222. The molecule has 2 aromatic rings. The molecule has 0 aliphatic carbocycles. The second-order valence-corrected chi connectivity index (χ2v) is 6.13. The van der Waals surface area contributed by atoms with Gasteiger partial charge in [-0.25, -0.2) is 9.59 Å². The van der Waals surface area contributed by atoms with Crippen molar-refractivity contribution in [2.75, 3.05) is 7.11 Å². The Kier molecular flexibility index (Phi) is 4.55. The molecular weight excluding hydrogens is 344 g/mol. The highest BCUT2D eigenvalue weighted by Crippen LogP contribution is 2.33. The molecule has 1 atom stereocenters. The van der Waals surface area contributed by atoms with Crippen LogP contribution in [-0.2, 0) is 9.53 Å². The molecule has 0 spiro atoms. The lowest BCUT2D eigenvalue weighted by molar-refractivity contribution is -0.136. The van der Waals surface area contributed by atoms with Crippen molar-refractivity contribution in [3.8, 4) is 11.3 Å². The summed E-state index contributed by atoms with van der Waals surface area (Å²) in [4.78, 5) is 23.9. The van der Waals surface area contributed by atoms with E-state index in [-0.39, 0.29) is 0 Å². The van der Waals surface area contributed by atoms with E-state index in [1.807, 2.05) is 25.1 Å². The number of rotatable bonds is 3. The first-order valence-corrected chi connectivity index (χ1v) is 8.01. The highest BCUT2D eigenvalue weighted by Gasteiger charge is 2.33. The summed E-state index contributed by atoms with van der Waals surface area (Å²) in [6, 6.07) is 7.96. The predicted octanol–water partition coefficient (Wildman–Crippen LogP) is 3.71. The summed E-state index contributed by atoms with van der Waals surface area (Å²) in [5, 5.41) is 5.89. The van der Waals surface area contributed by atoms with Crippen LogP contribution in [0.4, 0.5) is 4.79 Å². The first-order valence-electron chi connectivity index (χ1n) is 7.63. The first-order chi connectivity index (χ1) is 11.9. The lowest BCUT2D eigenvalue weighted by Crippen LogP contribution is -2.45. The second kappa shape index (κ2) is 6.64. The van der Waals surface area contributed by atoms with Gasteiger partial charge in [0, 0.05) is 16.3 Å². The van der Waals surface area contributed by atoms with E-state index in [0.29, 0.717) is 27.8 Å². The average molecular weight is 361 g/mol. The van der Waals surface area contributed by atoms with Gasteiger partial charge in [0.25, 0.3) is 0 Å². The van der Waals surface area contributed by atoms with Crippen molar-refractivity contribution in [2.24, 2.45) is 0 Å². The van der Waals surface area contributed by atoms with E-state index >= 15 is 0 Å². The fourth-order valence-corrected chi connectivity index (χ4v) is 2.88. The highest BCUT2D eigenvalue weighted by atomic mass is 35.5. The molecule has 1 unspecified atom stereocenters. The number of nitrogens with one attached hydrogen (secondary N) is 2. The highest BCUT2D eigenvalue weighted by molar-refractivity contribution is 6.31. The number of methoxy groups -OCH3 is 1. The summed E-state index contributed by atoms with van der Waals surface area (Å²) in [5.41, 5.74) is 2.50. The minimum atomic E-state index is -0.726. The number of amides is 2. The average Bonchev–Trinajstić information content (AvgIpc) is 3.06. The van der Waals surface area contributed by atoms with Gasteiger partial charge in [0.05, 0.1) is 12.7 Å². The molecule has 1 aromatic heterocycles. The zero-order chi connectivity index (χ0) is 18.1. The van der Waals surface area contributed by atoms with Crippen LogP contribution in [-0.4, -0.2) is 19.1 Å². The molecule has 1 aliphatic rings. The van der Waals surface area contributed by atoms with E-state index in [1.54, 1.807) is 19.1 Å². The van der Waals surface area contributed by atoms with Gasteiger partial charge in [-0.3, -0.25) is 0 Å². The van der Waals surface area contributed by atoms with Gasteiger partial charge in [0.15, 0.2) is 0 Å². The molecular formula is C18H17ClN2O4. The van der Waals surface area contributed by atoms with Crippen molar-refractivity contribution in [1.82, 2.24) is 10.6 Å². The molecule has 0 fully saturated rings. The molecule has 6 nitrogen and oxygen atoms in total. The molecule has 2 amide bonds. The fourth-order valence-electron chi connectivity index (χ4n) is 2.70. The summed E-state index contributed by atoms with van der Waals surface area (Å²) in [6.07, 6.45) is 0. The number of aryl methyl sites for hydroxylation is 1. The summed E-state index contributed by atoms with van der Waals surface area (Å²) in [7, 11) is 1.29. The Balaban J connectivity index is 2.00. The number of hydrogen-bond donors (Lipinski definition) is 2. The maximum atomic E-state index is 12.1. The van der Waals surface area contributed by atoms with Gasteiger partial charge in [-0.1, -0.05) is 23.7 Å². The van der Waals surface area contributed by atoms with Crippen molar-refractivity contribution in [3.63, 3.8) is 0 Å². The van der Waals surface area contributed by atoms with Gasteiger partial charge >= 0.3 is 12.0 Å². The zero-order valence-electron chi connectivity index (χ0n) is 14.0. The third-order valence-electron chi connectivity index (χ3n) is 4.04. The first kappa shape index (κ1) is 17.1. The number of urea groups is 1. The number of furan rings is 1. The largest absolute Gasteiger partial charge is 0.466 e. The molecule has 0 saturated carbocycles. The molecule has 25 heavy (non-hydrogen) atoms. The van der Waals surface area contributed by atoms with Gasteiger partial charge < -0.3 is 19.8 Å². The van der Waals surface area contributed by atoms with Crippen LogP contribution in [0, 0.1) is 6.92 Å². The van der Waals surface area contributed by atoms with Crippen molar-refractivity contribution >= 4 is 23.6 Å². The number of benzene rings is 1. The van der Waals surface area contributed by atoms with Crippen molar-refractivity contribution < 1.29 is 18.7 Å². The molecule has 2 heterocycles. The van der Waals surface area contributed by atoms with Gasteiger partial charge in [-0.05, 0) is 37.6 Å². The van der Waals surface area contributed by atoms with E-state index in [2.05, 4.69) is 10.6 Å². The molecule has 0 radical (unpaired) electrons. The molecule has 7 heteroatoms. The van der Waals surface area contributed by atoms with E-state index in [4.69, 9.17) is 20.8 Å². The van der Waals surface area contributed by atoms with E-state index in [0.717, 1.165) is 11.1 Å². The minimum absolute atomic E-state index is 0.296. The maximum Gasteiger partial charge on any atom is 0.338 e. The van der Waals surface area contributed by atoms with Crippen LogP contribution in [0.25, 0.3) is 11.3 Å². The minimum Gasteiger partial charge on any atom is -0.466 e. The summed E-state index contributed by atoms with van der Waals surface area (Å²) in [5.74, 6) is 0.485. The van der Waals surface area contributed by atoms with Crippen molar-refractivity contribution in [3.05, 3.63) is 57.9 Å². The van der Waals surface area contributed by atoms with Crippen LogP contribution in [0.2, 0.25) is 5.02 Å². The van der Waals surface area contributed by atoms with Gasteiger partial charge in [0.1, 0.15) is 17.6 Å². The lowest BCUT2D eigenvalue weighted by atomic mass is 10.0. The quantitative estimate of drug-likeness (QED) is 0.818. The number of carbonyl (C=O) groups excluding carboxylic acids is 2. The molecule has 3 rings (SSSR count). The maximum absolute atomic E-state index is 12.1. The molecule has 130 valence electrons. The van der Waals surface area contributed by atoms with Crippen molar-refractivity contribution in [2.45, 2.75) is 19.9 Å². The standard InChI is InChI=1S/C18H17ClN2O4/c1-9-4-5-11(8-12(9)19)13-6-7-14(25-13)16-15(17(22)24-3)10(2)20-18(23)21-16/h4-8,16H,1-3H3,(H2,20,21,23). The molecule has 1 aromatic carbocycles. The van der Waals surface area contributed by atoms with Gasteiger partial charge in [-0.2, -0.15) is 0 Å². The van der Waals surface area contributed by atoms with E-state index in [1.165, 1.54) is 7.11 Å². The Morgan fingerprint density at radius 3 is 2.68 bits per heavy atom. The lowest BCUT2D eigenvalue weighted by Gasteiger charge is -2.26. The number of allylic oxidation sites excluding steroid dienone is 1. The molecule has 0 saturated heterocycles. The SMILES string of the molecule is COC(=O)C1=C(C)NC(=O)NC1c1ccc(-c2ccc(C)c(Cl)c2)o1. The number of carbonyl (C=O) groups is 2. The third-order valence-corrected chi connectivity index (χ3v) is 4.45. The van der Waals surface area contributed by atoms with Crippen LogP contribution >= 0.6 is 11.6 Å². The number of esters is 1. The van der Waals surface area contributed by atoms with Gasteiger partial charge in [-0.15, -0.1) is 0 Å². The number of halogens is 1. The van der Waals surface area contributed by atoms with Gasteiger partial charge in [0.2, 0.25) is 0 Å². The summed E-state index contributed by atoms with van der Waals surface area (Å²) < 4.78 is 10.7. The third kappa shape index (κ3) is 3.25. The van der Waals surface area contributed by atoms with Crippen LogP contribution in [0.3, 0.4) is 0 Å². The number of ether oxygens (including phenoxy) is 1. The number of hydrogen-bond acceptors (Lipinski definition) is 4. The summed E-state index contributed by atoms with van der Waals surface area (Å²) in [6.45, 7) is 3.56. The van der Waals surface area contributed by atoms with Crippen molar-refractivity contribution in [1.29, 1.82) is 0 Å². The molecule has 0 bridgehead atoms. The van der Waals surface area contributed by atoms with Crippen LogP contribution in [0.5, 0.6) is 0 Å². The Labute approximate surface area is 149 Å². The topological polar surface area (TPSA) is 80.6 Å². The predicted molar refractivity (Wildman–Crippen MR) is 93.0 cm³/mol. The monoisotopic (exact) mass is 360 g/mol. The Bertz CT molecular complexity index is 885. The van der Waals surface area contributed by atoms with E-state index in [9.17, 15) is 9.59 Å². The van der Waals surface area contributed by atoms with Crippen LogP contribution in [0.1, 0.15) is 24.3 Å². The smallest absolute Gasteiger partial charge is 0.338 e.